The SMILES string of the molecule is CCSCCn1cc[n+](CSCC)c1CC. The van der Waals surface area contributed by atoms with Crippen LogP contribution in [0.1, 0.15) is 26.6 Å². The summed E-state index contributed by atoms with van der Waals surface area (Å²) in [6.45, 7) is 7.82. The van der Waals surface area contributed by atoms with E-state index in [1.807, 2.05) is 23.5 Å². The van der Waals surface area contributed by atoms with E-state index in [1.54, 1.807) is 0 Å². The first-order valence-corrected chi connectivity index (χ1v) is 8.37. The summed E-state index contributed by atoms with van der Waals surface area (Å²) in [5.74, 6) is 6.17. The monoisotopic (exact) mass is 259 g/mol. The molecule has 0 N–H and O–H groups in total. The van der Waals surface area contributed by atoms with Crippen LogP contribution in [0.4, 0.5) is 0 Å². The molecule has 0 saturated carbocycles. The molecule has 92 valence electrons. The predicted molar refractivity (Wildman–Crippen MR) is 75.1 cm³/mol. The summed E-state index contributed by atoms with van der Waals surface area (Å²) in [4.78, 5) is 0. The number of aromatic nitrogens is 2. The van der Waals surface area contributed by atoms with Gasteiger partial charge < -0.3 is 0 Å². The van der Waals surface area contributed by atoms with Crippen LogP contribution in [0, 0.1) is 0 Å². The van der Waals surface area contributed by atoms with Crippen LogP contribution in [0.2, 0.25) is 0 Å². The van der Waals surface area contributed by atoms with Crippen LogP contribution in [0.25, 0.3) is 0 Å². The van der Waals surface area contributed by atoms with Crippen molar-refractivity contribution in [2.45, 2.75) is 39.6 Å². The van der Waals surface area contributed by atoms with E-state index in [0.29, 0.717) is 0 Å². The molecule has 0 amide bonds. The van der Waals surface area contributed by atoms with E-state index in [4.69, 9.17) is 0 Å². The maximum Gasteiger partial charge on any atom is 0.256 e. The first-order chi connectivity index (χ1) is 7.83. The molecule has 1 heterocycles. The number of hydrogen-bond acceptors (Lipinski definition) is 2. The van der Waals surface area contributed by atoms with Gasteiger partial charge in [-0.3, -0.25) is 0 Å². The van der Waals surface area contributed by atoms with Gasteiger partial charge in [0.2, 0.25) is 0 Å². The number of aryl methyl sites for hydroxylation is 1. The van der Waals surface area contributed by atoms with E-state index in [1.165, 1.54) is 23.1 Å². The fraction of sp³-hybridized carbons (Fsp3) is 0.750. The minimum atomic E-state index is 1.09. The number of rotatable bonds is 8. The molecule has 0 bridgehead atoms. The zero-order valence-electron chi connectivity index (χ0n) is 10.6. The van der Waals surface area contributed by atoms with Gasteiger partial charge >= 0.3 is 0 Å². The van der Waals surface area contributed by atoms with E-state index in [-0.39, 0.29) is 0 Å². The molecule has 0 radical (unpaired) electrons. The Morgan fingerprint density at radius 1 is 1.19 bits per heavy atom. The molecular weight excluding hydrogens is 236 g/mol. The first-order valence-electron chi connectivity index (χ1n) is 6.06. The lowest BCUT2D eigenvalue weighted by molar-refractivity contribution is -0.683. The van der Waals surface area contributed by atoms with Crippen LogP contribution < -0.4 is 4.57 Å². The van der Waals surface area contributed by atoms with Crippen LogP contribution in [0.3, 0.4) is 0 Å². The highest BCUT2D eigenvalue weighted by Gasteiger charge is 2.14. The highest BCUT2D eigenvalue weighted by atomic mass is 32.2. The molecule has 0 atom stereocenters. The maximum atomic E-state index is 2.40. The number of hydrogen-bond donors (Lipinski definition) is 0. The maximum absolute atomic E-state index is 2.40. The summed E-state index contributed by atoms with van der Waals surface area (Å²) in [5.41, 5.74) is 0. The Kier molecular flexibility index (Phi) is 7.05. The molecule has 4 heteroatoms. The molecule has 0 aliphatic heterocycles. The second-order valence-electron chi connectivity index (χ2n) is 3.55. The Morgan fingerprint density at radius 2 is 1.94 bits per heavy atom. The molecule has 0 unspecified atom stereocenters. The third-order valence-electron chi connectivity index (χ3n) is 2.52. The minimum Gasteiger partial charge on any atom is -0.233 e. The molecule has 0 aliphatic carbocycles. The molecule has 0 aliphatic rings. The van der Waals surface area contributed by atoms with Crippen LogP contribution in [0.5, 0.6) is 0 Å². The zero-order chi connectivity index (χ0) is 11.8. The normalized spacial score (nSPS) is 10.9. The lowest BCUT2D eigenvalue weighted by atomic mass is 10.4. The molecule has 0 fully saturated rings. The second kappa shape index (κ2) is 8.07. The van der Waals surface area contributed by atoms with Gasteiger partial charge in [-0.1, -0.05) is 20.8 Å². The molecule has 0 aromatic carbocycles. The predicted octanol–water partition coefficient (Wildman–Crippen LogP) is 2.80. The van der Waals surface area contributed by atoms with Crippen molar-refractivity contribution < 1.29 is 4.57 Å². The van der Waals surface area contributed by atoms with Crippen LogP contribution in [-0.4, -0.2) is 21.8 Å². The standard InChI is InChI=1S/C12H23N2S2/c1-4-12-13(9-10-15-5-2)7-8-14(12)11-16-6-3/h7-8H,4-6,9-11H2,1-3H3/q+1. The van der Waals surface area contributed by atoms with E-state index < -0.39 is 0 Å². The van der Waals surface area contributed by atoms with Crippen LogP contribution in [-0.2, 0) is 18.8 Å². The Hall–Kier alpha value is -0.0900. The molecule has 1 aromatic heterocycles. The lowest BCUT2D eigenvalue weighted by Crippen LogP contribution is -2.35. The fourth-order valence-corrected chi connectivity index (χ4v) is 2.95. The minimum absolute atomic E-state index is 1.09. The molecule has 2 nitrogen and oxygen atoms in total. The van der Waals surface area contributed by atoms with Gasteiger partial charge in [0.1, 0.15) is 18.3 Å². The van der Waals surface area contributed by atoms with Crippen molar-refractivity contribution in [3.63, 3.8) is 0 Å². The Labute approximate surface area is 108 Å². The summed E-state index contributed by atoms with van der Waals surface area (Å²) in [6, 6.07) is 0. The third kappa shape index (κ3) is 4.06. The summed E-state index contributed by atoms with van der Waals surface area (Å²) in [7, 11) is 0. The van der Waals surface area contributed by atoms with Crippen molar-refractivity contribution in [1.29, 1.82) is 0 Å². The number of thioether (sulfide) groups is 2. The van der Waals surface area contributed by atoms with E-state index in [2.05, 4.69) is 42.3 Å². The highest BCUT2D eigenvalue weighted by Crippen LogP contribution is 2.05. The van der Waals surface area contributed by atoms with Crippen LogP contribution in [0.15, 0.2) is 12.4 Å². The molecule has 0 saturated heterocycles. The average molecular weight is 259 g/mol. The van der Waals surface area contributed by atoms with Gasteiger partial charge in [-0.15, -0.1) is 11.8 Å². The summed E-state index contributed by atoms with van der Waals surface area (Å²) in [5, 5.41) is 0. The second-order valence-corrected chi connectivity index (χ2v) is 6.19. The van der Waals surface area contributed by atoms with Gasteiger partial charge in [0.15, 0.2) is 0 Å². The summed E-state index contributed by atoms with van der Waals surface area (Å²) in [6.07, 6.45) is 5.57. The summed E-state index contributed by atoms with van der Waals surface area (Å²) < 4.78 is 4.78. The van der Waals surface area contributed by atoms with Crippen LogP contribution >= 0.6 is 23.5 Å². The molecule has 1 aromatic rings. The van der Waals surface area contributed by atoms with Gasteiger partial charge in [0.25, 0.3) is 5.82 Å². The number of imidazole rings is 1. The van der Waals surface area contributed by atoms with Gasteiger partial charge in [0, 0.05) is 12.2 Å². The molecule has 16 heavy (non-hydrogen) atoms. The topological polar surface area (TPSA) is 8.81 Å². The van der Waals surface area contributed by atoms with Crippen molar-refractivity contribution in [2.24, 2.45) is 0 Å². The largest absolute Gasteiger partial charge is 0.256 e. The van der Waals surface area contributed by atoms with Gasteiger partial charge in [-0.05, 0) is 11.5 Å². The van der Waals surface area contributed by atoms with Gasteiger partial charge in [-0.25, -0.2) is 9.13 Å². The van der Waals surface area contributed by atoms with Crippen molar-refractivity contribution in [3.8, 4) is 0 Å². The smallest absolute Gasteiger partial charge is 0.233 e. The van der Waals surface area contributed by atoms with Gasteiger partial charge in [0.05, 0.1) is 6.54 Å². The highest BCUT2D eigenvalue weighted by molar-refractivity contribution is 7.99. The van der Waals surface area contributed by atoms with E-state index in [9.17, 15) is 0 Å². The molecule has 1 rings (SSSR count). The third-order valence-corrected chi connectivity index (χ3v) is 4.27. The zero-order valence-corrected chi connectivity index (χ0v) is 12.2. The number of nitrogens with zero attached hydrogens (tertiary/aromatic N) is 2. The Balaban J connectivity index is 2.58. The average Bonchev–Trinajstić information content (AvgIpc) is 2.69. The quantitative estimate of drug-likeness (QED) is 0.524. The van der Waals surface area contributed by atoms with Crippen molar-refractivity contribution in [2.75, 3.05) is 17.3 Å². The Bertz CT molecular complexity index is 297. The van der Waals surface area contributed by atoms with E-state index in [0.717, 1.165) is 18.8 Å². The molecular formula is C12H23N2S2+. The van der Waals surface area contributed by atoms with Crippen molar-refractivity contribution in [1.82, 2.24) is 4.57 Å². The van der Waals surface area contributed by atoms with Crippen molar-refractivity contribution in [3.05, 3.63) is 18.2 Å². The Morgan fingerprint density at radius 3 is 2.56 bits per heavy atom. The van der Waals surface area contributed by atoms with E-state index >= 15 is 0 Å². The summed E-state index contributed by atoms with van der Waals surface area (Å²) >= 11 is 3.99. The first kappa shape index (κ1) is 14.0. The molecule has 0 spiro atoms. The van der Waals surface area contributed by atoms with Gasteiger partial charge in [-0.2, -0.15) is 11.8 Å². The van der Waals surface area contributed by atoms with Crippen molar-refractivity contribution >= 4 is 23.5 Å². The lowest BCUT2D eigenvalue weighted by Gasteiger charge is -2.02. The fourth-order valence-electron chi connectivity index (χ4n) is 1.72.